The summed E-state index contributed by atoms with van der Waals surface area (Å²) >= 11 is 0. The lowest BCUT2D eigenvalue weighted by Crippen LogP contribution is -2.29. The van der Waals surface area contributed by atoms with Crippen molar-refractivity contribution in [1.82, 2.24) is 20.3 Å². The monoisotopic (exact) mass is 417 g/mol. The highest BCUT2D eigenvalue weighted by Gasteiger charge is 2.19. The molecule has 1 saturated heterocycles. The van der Waals surface area contributed by atoms with Gasteiger partial charge in [0.15, 0.2) is 11.4 Å². The van der Waals surface area contributed by atoms with E-state index < -0.39 is 5.82 Å². The predicted octanol–water partition coefficient (Wildman–Crippen LogP) is 3.81. The predicted molar refractivity (Wildman–Crippen MR) is 109 cm³/mol. The Bertz CT molecular complexity index is 975. The molecule has 1 amide bonds. The average Bonchev–Trinajstić information content (AvgIpc) is 3.21. The van der Waals surface area contributed by atoms with Crippen LogP contribution in [0.2, 0.25) is 0 Å². The number of hydrogen-bond acceptors (Lipinski definition) is 5. The van der Waals surface area contributed by atoms with E-state index in [4.69, 9.17) is 4.74 Å². The molecule has 2 N–H and O–H groups in total. The van der Waals surface area contributed by atoms with Gasteiger partial charge in [-0.2, -0.15) is 0 Å². The van der Waals surface area contributed by atoms with Gasteiger partial charge < -0.3 is 15.4 Å². The molecule has 0 spiro atoms. The van der Waals surface area contributed by atoms with Gasteiger partial charge in [-0.25, -0.2) is 9.07 Å². The summed E-state index contributed by atoms with van der Waals surface area (Å²) in [7, 11) is 0. The molecule has 1 fully saturated rings. The van der Waals surface area contributed by atoms with Gasteiger partial charge in [-0.3, -0.25) is 4.79 Å². The first-order valence-corrected chi connectivity index (χ1v) is 9.15. The molecule has 0 saturated carbocycles. The quantitative estimate of drug-likeness (QED) is 0.659. The van der Waals surface area contributed by atoms with Crippen molar-refractivity contribution in [2.24, 2.45) is 0 Å². The second-order valence-electron chi connectivity index (χ2n) is 6.57. The molecule has 1 aliphatic rings. The Hall–Kier alpha value is -2.97. The Kier molecular flexibility index (Phi) is 6.79. The normalized spacial score (nSPS) is 14.1. The van der Waals surface area contributed by atoms with Crippen LogP contribution >= 0.6 is 12.4 Å². The minimum absolute atomic E-state index is 0. The molecule has 0 atom stereocenters. The van der Waals surface area contributed by atoms with E-state index >= 15 is 0 Å². The van der Waals surface area contributed by atoms with E-state index in [9.17, 15) is 9.18 Å². The van der Waals surface area contributed by atoms with Gasteiger partial charge in [0, 0.05) is 6.07 Å². The van der Waals surface area contributed by atoms with Crippen LogP contribution in [0.3, 0.4) is 0 Å². The smallest absolute Gasteiger partial charge is 0.277 e. The van der Waals surface area contributed by atoms with Crippen LogP contribution in [0.4, 0.5) is 10.1 Å². The van der Waals surface area contributed by atoms with Gasteiger partial charge in [-0.05, 0) is 50.2 Å². The molecule has 1 aromatic heterocycles. The molecular weight excluding hydrogens is 397 g/mol. The van der Waals surface area contributed by atoms with Crippen LogP contribution in [0.15, 0.2) is 54.7 Å². The van der Waals surface area contributed by atoms with Crippen molar-refractivity contribution < 1.29 is 13.9 Å². The number of amides is 1. The molecule has 3 aromatic rings. The SMILES string of the molecule is Cl.O=C(Nc1ccccc1Oc1cccc(F)c1)c1cn(C2CCNCC2)nn1. The Balaban J connectivity index is 0.00000240. The number of carbonyl (C=O) groups is 1. The van der Waals surface area contributed by atoms with Gasteiger partial charge in [-0.1, -0.05) is 23.4 Å². The highest BCUT2D eigenvalue weighted by molar-refractivity contribution is 6.03. The van der Waals surface area contributed by atoms with E-state index in [0.29, 0.717) is 17.2 Å². The van der Waals surface area contributed by atoms with Crippen LogP contribution < -0.4 is 15.4 Å². The van der Waals surface area contributed by atoms with Crippen LogP contribution in [0.5, 0.6) is 11.5 Å². The van der Waals surface area contributed by atoms with Gasteiger partial charge >= 0.3 is 0 Å². The second kappa shape index (κ2) is 9.49. The lowest BCUT2D eigenvalue weighted by Gasteiger charge is -2.22. The zero-order valence-corrected chi connectivity index (χ0v) is 16.4. The number of aromatic nitrogens is 3. The molecular formula is C20H21ClFN5O2. The molecule has 2 heterocycles. The fourth-order valence-electron chi connectivity index (χ4n) is 3.13. The van der Waals surface area contributed by atoms with E-state index in [2.05, 4.69) is 20.9 Å². The maximum atomic E-state index is 13.4. The van der Waals surface area contributed by atoms with Crippen molar-refractivity contribution in [1.29, 1.82) is 0 Å². The van der Waals surface area contributed by atoms with Crippen LogP contribution in [-0.2, 0) is 0 Å². The maximum absolute atomic E-state index is 13.4. The minimum atomic E-state index is -0.395. The number of nitrogens with one attached hydrogen (secondary N) is 2. The zero-order chi connectivity index (χ0) is 19.3. The van der Waals surface area contributed by atoms with Crippen LogP contribution in [-0.4, -0.2) is 34.0 Å². The van der Waals surface area contributed by atoms with E-state index in [-0.39, 0.29) is 30.0 Å². The third-order valence-corrected chi connectivity index (χ3v) is 4.58. The minimum Gasteiger partial charge on any atom is -0.455 e. The Morgan fingerprint density at radius 2 is 1.97 bits per heavy atom. The summed E-state index contributed by atoms with van der Waals surface area (Å²) in [4.78, 5) is 12.6. The van der Waals surface area contributed by atoms with Crippen molar-refractivity contribution in [3.05, 3.63) is 66.2 Å². The summed E-state index contributed by atoms with van der Waals surface area (Å²) in [5, 5.41) is 14.2. The molecule has 152 valence electrons. The molecule has 7 nitrogen and oxygen atoms in total. The third kappa shape index (κ3) is 5.10. The maximum Gasteiger partial charge on any atom is 0.277 e. The first-order valence-electron chi connectivity index (χ1n) is 9.15. The summed E-state index contributed by atoms with van der Waals surface area (Å²) in [6.07, 6.45) is 3.57. The van der Waals surface area contributed by atoms with Crippen molar-refractivity contribution >= 4 is 24.0 Å². The lowest BCUT2D eigenvalue weighted by atomic mass is 10.1. The number of ether oxygens (including phenoxy) is 1. The van der Waals surface area contributed by atoms with E-state index in [1.54, 1.807) is 47.3 Å². The third-order valence-electron chi connectivity index (χ3n) is 4.58. The highest BCUT2D eigenvalue weighted by Crippen LogP contribution is 2.30. The fraction of sp³-hybridized carbons (Fsp3) is 0.250. The largest absolute Gasteiger partial charge is 0.455 e. The van der Waals surface area contributed by atoms with Gasteiger partial charge in [0.2, 0.25) is 0 Å². The number of rotatable bonds is 5. The number of para-hydroxylation sites is 2. The Labute approximate surface area is 173 Å². The van der Waals surface area contributed by atoms with Crippen molar-refractivity contribution in [2.75, 3.05) is 18.4 Å². The highest BCUT2D eigenvalue weighted by atomic mass is 35.5. The van der Waals surface area contributed by atoms with Gasteiger partial charge in [-0.15, -0.1) is 17.5 Å². The number of anilines is 1. The molecule has 2 aromatic carbocycles. The second-order valence-corrected chi connectivity index (χ2v) is 6.57. The Morgan fingerprint density at radius 3 is 2.76 bits per heavy atom. The van der Waals surface area contributed by atoms with E-state index in [1.807, 2.05) is 0 Å². The molecule has 29 heavy (non-hydrogen) atoms. The summed E-state index contributed by atoms with van der Waals surface area (Å²) in [6, 6.07) is 13.0. The van der Waals surface area contributed by atoms with Crippen molar-refractivity contribution in [3.63, 3.8) is 0 Å². The number of benzene rings is 2. The topological polar surface area (TPSA) is 81.1 Å². The van der Waals surface area contributed by atoms with Crippen molar-refractivity contribution in [2.45, 2.75) is 18.9 Å². The summed E-state index contributed by atoms with van der Waals surface area (Å²) in [5.74, 6) is -0.0187. The molecule has 1 aliphatic heterocycles. The fourth-order valence-corrected chi connectivity index (χ4v) is 3.13. The zero-order valence-electron chi connectivity index (χ0n) is 15.5. The Morgan fingerprint density at radius 1 is 1.17 bits per heavy atom. The number of carbonyl (C=O) groups excluding carboxylic acids is 1. The molecule has 0 unspecified atom stereocenters. The molecule has 0 radical (unpaired) electrons. The molecule has 0 bridgehead atoms. The number of nitrogens with zero attached hydrogens (tertiary/aromatic N) is 3. The number of piperidine rings is 1. The molecule has 4 rings (SSSR count). The van der Waals surface area contributed by atoms with E-state index in [1.165, 1.54) is 12.1 Å². The van der Waals surface area contributed by atoms with Gasteiger partial charge in [0.25, 0.3) is 5.91 Å². The van der Waals surface area contributed by atoms with Crippen LogP contribution in [0, 0.1) is 5.82 Å². The van der Waals surface area contributed by atoms with Crippen molar-refractivity contribution in [3.8, 4) is 11.5 Å². The molecule has 0 aliphatic carbocycles. The standard InChI is InChI=1S/C20H20FN5O2.ClH/c21-14-4-3-5-16(12-14)28-19-7-2-1-6-17(19)23-20(27)18-13-26(25-24-18)15-8-10-22-11-9-15;/h1-7,12-13,15,22H,8-11H2,(H,23,27);1H. The summed E-state index contributed by atoms with van der Waals surface area (Å²) in [6.45, 7) is 1.85. The van der Waals surface area contributed by atoms with E-state index in [0.717, 1.165) is 25.9 Å². The number of halogens is 2. The van der Waals surface area contributed by atoms with Crippen LogP contribution in [0.25, 0.3) is 0 Å². The lowest BCUT2D eigenvalue weighted by molar-refractivity contribution is 0.102. The summed E-state index contributed by atoms with van der Waals surface area (Å²) in [5.41, 5.74) is 0.701. The summed E-state index contributed by atoms with van der Waals surface area (Å²) < 4.78 is 20.9. The first kappa shape index (κ1) is 20.8. The average molecular weight is 418 g/mol. The van der Waals surface area contributed by atoms with Gasteiger partial charge in [0.1, 0.15) is 11.6 Å². The molecule has 9 heteroatoms. The van der Waals surface area contributed by atoms with Crippen LogP contribution in [0.1, 0.15) is 29.4 Å². The number of hydrogen-bond donors (Lipinski definition) is 2. The van der Waals surface area contributed by atoms with Gasteiger partial charge in [0.05, 0.1) is 17.9 Å². The first-order chi connectivity index (χ1) is 13.7.